The van der Waals surface area contributed by atoms with Crippen LogP contribution in [0.5, 0.6) is 0 Å². The first-order valence-corrected chi connectivity index (χ1v) is 5.11. The lowest BCUT2D eigenvalue weighted by Crippen LogP contribution is -2.35. The first-order chi connectivity index (χ1) is 7.06. The Bertz CT molecular complexity index is 205. The maximum Gasteiger partial charge on any atom is 0.229 e. The Hall–Kier alpha value is -1.10. The van der Waals surface area contributed by atoms with Crippen molar-refractivity contribution in [3.8, 4) is 0 Å². The van der Waals surface area contributed by atoms with Crippen molar-refractivity contribution in [2.45, 2.75) is 32.7 Å². The number of rotatable bonds is 7. The van der Waals surface area contributed by atoms with Gasteiger partial charge >= 0.3 is 0 Å². The third kappa shape index (κ3) is 9.21. The Morgan fingerprint density at radius 2 is 1.93 bits per heavy atom. The third-order valence-electron chi connectivity index (χ3n) is 1.62. The van der Waals surface area contributed by atoms with Crippen LogP contribution < -0.4 is 10.6 Å². The van der Waals surface area contributed by atoms with Crippen molar-refractivity contribution in [2.24, 2.45) is 0 Å². The molecule has 2 N–H and O–H groups in total. The second kappa shape index (κ2) is 8.23. The van der Waals surface area contributed by atoms with E-state index in [-0.39, 0.29) is 24.3 Å². The number of ether oxygens (including phenoxy) is 1. The van der Waals surface area contributed by atoms with E-state index < -0.39 is 0 Å². The predicted octanol–water partition coefficient (Wildman–Crippen LogP) is 0.0538. The van der Waals surface area contributed by atoms with Gasteiger partial charge in [0.05, 0.1) is 0 Å². The lowest BCUT2D eigenvalue weighted by Gasteiger charge is -2.08. The molecular weight excluding hydrogens is 196 g/mol. The van der Waals surface area contributed by atoms with Gasteiger partial charge in [0.15, 0.2) is 0 Å². The highest BCUT2D eigenvalue weighted by atomic mass is 16.5. The Balaban J connectivity index is 3.51. The minimum atomic E-state index is -0.246. The molecule has 0 aliphatic heterocycles. The SMILES string of the molecule is COCCCNC(=O)CC(=O)NC(C)C. The van der Waals surface area contributed by atoms with E-state index in [2.05, 4.69) is 10.6 Å². The van der Waals surface area contributed by atoms with Crippen LogP contribution >= 0.6 is 0 Å². The molecule has 0 aromatic rings. The van der Waals surface area contributed by atoms with Crippen LogP contribution in [-0.2, 0) is 14.3 Å². The molecule has 0 saturated carbocycles. The van der Waals surface area contributed by atoms with Crippen molar-refractivity contribution in [2.75, 3.05) is 20.3 Å². The van der Waals surface area contributed by atoms with E-state index in [9.17, 15) is 9.59 Å². The van der Waals surface area contributed by atoms with E-state index in [1.807, 2.05) is 13.8 Å². The molecule has 2 amide bonds. The largest absolute Gasteiger partial charge is 0.385 e. The van der Waals surface area contributed by atoms with Crippen LogP contribution in [0.25, 0.3) is 0 Å². The highest BCUT2D eigenvalue weighted by Gasteiger charge is 2.08. The van der Waals surface area contributed by atoms with Crippen LogP contribution in [0.4, 0.5) is 0 Å². The summed E-state index contributed by atoms with van der Waals surface area (Å²) in [5.74, 6) is -0.488. The maximum absolute atomic E-state index is 11.2. The zero-order valence-electron chi connectivity index (χ0n) is 9.63. The maximum atomic E-state index is 11.2. The molecule has 0 bridgehead atoms. The molecule has 0 radical (unpaired) electrons. The highest BCUT2D eigenvalue weighted by Crippen LogP contribution is 1.85. The molecule has 5 nitrogen and oxygen atoms in total. The zero-order chi connectivity index (χ0) is 11.7. The van der Waals surface area contributed by atoms with Crippen LogP contribution in [0.2, 0.25) is 0 Å². The Morgan fingerprint density at radius 1 is 1.27 bits per heavy atom. The van der Waals surface area contributed by atoms with E-state index in [0.717, 1.165) is 6.42 Å². The fourth-order valence-electron chi connectivity index (χ4n) is 1.03. The molecule has 0 rings (SSSR count). The van der Waals surface area contributed by atoms with Gasteiger partial charge < -0.3 is 15.4 Å². The smallest absolute Gasteiger partial charge is 0.229 e. The third-order valence-corrected chi connectivity index (χ3v) is 1.62. The van der Waals surface area contributed by atoms with Crippen LogP contribution in [0, 0.1) is 0 Å². The van der Waals surface area contributed by atoms with Gasteiger partial charge in [0.25, 0.3) is 0 Å². The molecule has 0 heterocycles. The first-order valence-electron chi connectivity index (χ1n) is 5.11. The van der Waals surface area contributed by atoms with Crippen molar-refractivity contribution in [1.82, 2.24) is 10.6 Å². The van der Waals surface area contributed by atoms with Gasteiger partial charge in [-0.15, -0.1) is 0 Å². The molecule has 0 spiro atoms. The van der Waals surface area contributed by atoms with Gasteiger partial charge in [-0.3, -0.25) is 9.59 Å². The lowest BCUT2D eigenvalue weighted by molar-refractivity contribution is -0.129. The molecule has 0 aliphatic carbocycles. The number of amides is 2. The summed E-state index contributed by atoms with van der Waals surface area (Å²) in [6.45, 7) is 4.86. The van der Waals surface area contributed by atoms with Crippen molar-refractivity contribution in [1.29, 1.82) is 0 Å². The van der Waals surface area contributed by atoms with Gasteiger partial charge in [0.1, 0.15) is 6.42 Å². The van der Waals surface area contributed by atoms with Crippen LogP contribution in [0.3, 0.4) is 0 Å². The second-order valence-electron chi connectivity index (χ2n) is 3.60. The number of methoxy groups -OCH3 is 1. The van der Waals surface area contributed by atoms with Crippen LogP contribution in [0.15, 0.2) is 0 Å². The number of hydrogen-bond acceptors (Lipinski definition) is 3. The summed E-state index contributed by atoms with van der Waals surface area (Å²) in [6, 6.07) is 0.0683. The molecule has 0 aromatic carbocycles. The summed E-state index contributed by atoms with van der Waals surface area (Å²) < 4.78 is 4.83. The van der Waals surface area contributed by atoms with Crippen molar-refractivity contribution in [3.05, 3.63) is 0 Å². The van der Waals surface area contributed by atoms with E-state index in [4.69, 9.17) is 4.74 Å². The Morgan fingerprint density at radius 3 is 2.47 bits per heavy atom. The molecular formula is C10H20N2O3. The quantitative estimate of drug-likeness (QED) is 0.467. The average Bonchev–Trinajstić information content (AvgIpc) is 2.10. The van der Waals surface area contributed by atoms with Crippen molar-refractivity contribution in [3.63, 3.8) is 0 Å². The van der Waals surface area contributed by atoms with E-state index in [1.165, 1.54) is 0 Å². The van der Waals surface area contributed by atoms with Crippen LogP contribution in [0.1, 0.15) is 26.7 Å². The van der Waals surface area contributed by atoms with E-state index >= 15 is 0 Å². The fraction of sp³-hybridized carbons (Fsp3) is 0.800. The summed E-state index contributed by atoms with van der Waals surface area (Å²) in [5, 5.41) is 5.29. The highest BCUT2D eigenvalue weighted by molar-refractivity contribution is 5.96. The molecule has 0 aliphatic rings. The number of nitrogens with one attached hydrogen (secondary N) is 2. The zero-order valence-corrected chi connectivity index (χ0v) is 9.63. The Labute approximate surface area is 90.6 Å². The van der Waals surface area contributed by atoms with Crippen molar-refractivity contribution >= 4 is 11.8 Å². The molecule has 5 heteroatoms. The van der Waals surface area contributed by atoms with Gasteiger partial charge in [0.2, 0.25) is 11.8 Å². The van der Waals surface area contributed by atoms with Gasteiger partial charge in [-0.25, -0.2) is 0 Å². The minimum absolute atomic E-state index is 0.0683. The molecule has 0 aromatic heterocycles. The molecule has 0 saturated heterocycles. The summed E-state index contributed by atoms with van der Waals surface area (Å²) in [7, 11) is 1.61. The monoisotopic (exact) mass is 216 g/mol. The van der Waals surface area contributed by atoms with Gasteiger partial charge in [0, 0.05) is 26.3 Å². The fourth-order valence-corrected chi connectivity index (χ4v) is 1.03. The van der Waals surface area contributed by atoms with Gasteiger partial charge in [-0.1, -0.05) is 0 Å². The van der Waals surface area contributed by atoms with Crippen LogP contribution in [-0.4, -0.2) is 38.1 Å². The molecule has 15 heavy (non-hydrogen) atoms. The number of hydrogen-bond donors (Lipinski definition) is 2. The summed E-state index contributed by atoms with van der Waals surface area (Å²) in [6.07, 6.45) is 0.652. The van der Waals surface area contributed by atoms with E-state index in [1.54, 1.807) is 7.11 Å². The topological polar surface area (TPSA) is 67.4 Å². The molecule has 88 valence electrons. The molecule has 0 unspecified atom stereocenters. The average molecular weight is 216 g/mol. The normalized spacial score (nSPS) is 10.1. The predicted molar refractivity (Wildman–Crippen MR) is 57.4 cm³/mol. The molecule has 0 fully saturated rings. The summed E-state index contributed by atoms with van der Waals surface area (Å²) in [4.78, 5) is 22.3. The first kappa shape index (κ1) is 13.9. The standard InChI is InChI=1S/C10H20N2O3/c1-8(2)12-10(14)7-9(13)11-5-4-6-15-3/h8H,4-7H2,1-3H3,(H,11,13)(H,12,14). The van der Waals surface area contributed by atoms with Gasteiger partial charge in [-0.2, -0.15) is 0 Å². The minimum Gasteiger partial charge on any atom is -0.385 e. The Kier molecular flexibility index (Phi) is 7.62. The van der Waals surface area contributed by atoms with Gasteiger partial charge in [-0.05, 0) is 20.3 Å². The number of carbonyl (C=O) groups excluding carboxylic acids is 2. The van der Waals surface area contributed by atoms with E-state index in [0.29, 0.717) is 13.2 Å². The van der Waals surface area contributed by atoms with Crippen molar-refractivity contribution < 1.29 is 14.3 Å². The summed E-state index contributed by atoms with van der Waals surface area (Å²) >= 11 is 0. The molecule has 0 atom stereocenters. The lowest BCUT2D eigenvalue weighted by atomic mass is 10.3. The number of carbonyl (C=O) groups is 2. The summed E-state index contributed by atoms with van der Waals surface area (Å²) in [5.41, 5.74) is 0. The second-order valence-corrected chi connectivity index (χ2v) is 3.60.